The third kappa shape index (κ3) is 2.69. The van der Waals surface area contributed by atoms with E-state index in [1.54, 1.807) is 0 Å². The van der Waals surface area contributed by atoms with Crippen molar-refractivity contribution >= 4 is 32.0 Å². The van der Waals surface area contributed by atoms with E-state index in [1.165, 1.54) is 6.07 Å². The fourth-order valence-electron chi connectivity index (χ4n) is 1.84. The molecule has 0 saturated carbocycles. The maximum atomic E-state index is 11.2. The Kier molecular flexibility index (Phi) is 3.36. The summed E-state index contributed by atoms with van der Waals surface area (Å²) in [7, 11) is -8.96. The van der Waals surface area contributed by atoms with Gasteiger partial charge in [0.2, 0.25) is 0 Å². The average Bonchev–Trinajstić information content (AvgIpc) is 2.34. The summed E-state index contributed by atoms with van der Waals surface area (Å²) in [6, 6.07) is 3.50. The van der Waals surface area contributed by atoms with Gasteiger partial charge in [0.1, 0.15) is 0 Å². The van der Waals surface area contributed by atoms with Crippen LogP contribution in [0.1, 0.15) is 11.1 Å². The van der Waals surface area contributed by atoms with E-state index in [9.17, 15) is 16.8 Å². The monoisotopic (exact) mass is 316 g/mol. The molecule has 8 nitrogen and oxygen atoms in total. The minimum Gasteiger partial charge on any atom is -0.361 e. The number of hydrogen-bond donors (Lipinski definition) is 2. The second kappa shape index (κ2) is 4.62. The minimum atomic E-state index is -4.57. The summed E-state index contributed by atoms with van der Waals surface area (Å²) >= 11 is 0. The van der Waals surface area contributed by atoms with Crippen molar-refractivity contribution in [3.63, 3.8) is 0 Å². The van der Waals surface area contributed by atoms with E-state index >= 15 is 0 Å². The van der Waals surface area contributed by atoms with Gasteiger partial charge in [0.25, 0.3) is 10.1 Å². The van der Waals surface area contributed by atoms with Gasteiger partial charge >= 0.3 is 15.8 Å². The third-order valence-corrected chi connectivity index (χ3v) is 4.50. The Morgan fingerprint density at radius 3 is 2.25 bits per heavy atom. The summed E-state index contributed by atoms with van der Waals surface area (Å²) in [6.07, 6.45) is 0.845. The van der Waals surface area contributed by atoms with Crippen molar-refractivity contribution < 1.29 is 30.7 Å². The average molecular weight is 316 g/mol. The van der Waals surface area contributed by atoms with Gasteiger partial charge < -0.3 is 5.53 Å². The van der Waals surface area contributed by atoms with E-state index in [1.807, 2.05) is 0 Å². The Bertz CT molecular complexity index is 876. The molecule has 0 saturated heterocycles. The van der Waals surface area contributed by atoms with Crippen LogP contribution in [0.25, 0.3) is 11.6 Å². The molecule has 0 bridgehead atoms. The van der Waals surface area contributed by atoms with Crippen LogP contribution in [0, 0.1) is 0 Å². The van der Waals surface area contributed by atoms with Crippen LogP contribution >= 0.6 is 0 Å². The molecule has 10 heteroatoms. The van der Waals surface area contributed by atoms with E-state index < -0.39 is 25.1 Å². The quantitative estimate of drug-likeness (QED) is 0.458. The molecule has 0 amide bonds. The molecule has 0 fully saturated rings. The van der Waals surface area contributed by atoms with Crippen molar-refractivity contribution in [2.45, 2.75) is 11.3 Å². The highest BCUT2D eigenvalue weighted by Gasteiger charge is 2.32. The van der Waals surface area contributed by atoms with Crippen LogP contribution in [0.4, 0.5) is 0 Å². The van der Waals surface area contributed by atoms with Crippen molar-refractivity contribution in [2.24, 2.45) is 0 Å². The molecule has 0 aliphatic heterocycles. The molecule has 1 aliphatic carbocycles. The van der Waals surface area contributed by atoms with Crippen LogP contribution in [0.5, 0.6) is 0 Å². The lowest BCUT2D eigenvalue weighted by Crippen LogP contribution is -2.20. The fourth-order valence-corrected chi connectivity index (χ4v) is 3.05. The fraction of sp³-hybridized carbons (Fsp3) is 0.100. The second-order valence-electron chi connectivity index (χ2n) is 4.04. The van der Waals surface area contributed by atoms with E-state index in [4.69, 9.17) is 14.6 Å². The number of fused-ring (bicyclic) bond motifs is 1. The molecule has 106 valence electrons. The van der Waals surface area contributed by atoms with E-state index in [2.05, 4.69) is 4.79 Å². The summed E-state index contributed by atoms with van der Waals surface area (Å²) < 4.78 is 62.3. The smallest absolute Gasteiger partial charge is 0.317 e. The summed E-state index contributed by atoms with van der Waals surface area (Å²) in [5.41, 5.74) is 9.12. The predicted molar refractivity (Wildman–Crippen MR) is 68.1 cm³/mol. The molecule has 0 heterocycles. The Balaban J connectivity index is 2.70. The van der Waals surface area contributed by atoms with E-state index in [-0.39, 0.29) is 17.0 Å². The molecule has 1 aliphatic rings. The van der Waals surface area contributed by atoms with Crippen molar-refractivity contribution in [1.82, 2.24) is 0 Å². The maximum absolute atomic E-state index is 11.2. The molecule has 0 spiro atoms. The maximum Gasteiger partial charge on any atom is 0.317 e. The highest BCUT2D eigenvalue weighted by molar-refractivity contribution is 7.91. The number of nitrogens with zero attached hydrogens (tertiary/aromatic N) is 2. The Morgan fingerprint density at radius 1 is 1.10 bits per heavy atom. The van der Waals surface area contributed by atoms with Gasteiger partial charge in [-0.15, -0.1) is 0 Å². The van der Waals surface area contributed by atoms with Crippen LogP contribution in [0.15, 0.2) is 28.0 Å². The summed E-state index contributed by atoms with van der Waals surface area (Å²) in [6.45, 7) is 0. The van der Waals surface area contributed by atoms with Crippen molar-refractivity contribution in [1.29, 1.82) is 0 Å². The van der Waals surface area contributed by atoms with Gasteiger partial charge in [0.05, 0.1) is 11.3 Å². The van der Waals surface area contributed by atoms with Gasteiger partial charge in [-0.2, -0.15) is 21.6 Å². The zero-order chi connectivity index (χ0) is 15.1. The summed E-state index contributed by atoms with van der Waals surface area (Å²) in [4.78, 5) is 1.86. The van der Waals surface area contributed by atoms with Crippen LogP contribution in [0.2, 0.25) is 0 Å². The van der Waals surface area contributed by atoms with Gasteiger partial charge in [-0.25, -0.2) is 0 Å². The van der Waals surface area contributed by atoms with Gasteiger partial charge in [-0.1, -0.05) is 6.07 Å². The molecule has 1 aromatic rings. The number of benzene rings is 1. The van der Waals surface area contributed by atoms with E-state index in [0.717, 1.165) is 18.2 Å². The predicted octanol–water partition coefficient (Wildman–Crippen LogP) is 0.389. The molecular formula is C10H8N2O6S2. The van der Waals surface area contributed by atoms with Crippen molar-refractivity contribution in [3.8, 4) is 0 Å². The molecule has 0 unspecified atom stereocenters. The lowest BCUT2D eigenvalue weighted by atomic mass is 9.96. The Labute approximate surface area is 114 Å². The first-order chi connectivity index (χ1) is 9.13. The van der Waals surface area contributed by atoms with Gasteiger partial charge in [0.15, 0.2) is 4.91 Å². The lowest BCUT2D eigenvalue weighted by Gasteiger charge is -2.12. The van der Waals surface area contributed by atoms with Crippen molar-refractivity contribution in [3.05, 3.63) is 39.8 Å². The molecular weight excluding hydrogens is 308 g/mol. The number of hydrogen-bond acceptors (Lipinski definition) is 4. The highest BCUT2D eigenvalue weighted by atomic mass is 32.2. The molecule has 2 N–H and O–H groups in total. The minimum absolute atomic E-state index is 0.208. The van der Waals surface area contributed by atoms with Gasteiger partial charge in [-0.05, 0) is 29.3 Å². The molecule has 0 atom stereocenters. The Morgan fingerprint density at radius 2 is 1.75 bits per heavy atom. The van der Waals surface area contributed by atoms with Crippen LogP contribution in [0.3, 0.4) is 0 Å². The largest absolute Gasteiger partial charge is 0.361 e. The normalized spacial score (nSPS) is 15.3. The lowest BCUT2D eigenvalue weighted by molar-refractivity contribution is -0.00600. The Hall–Kier alpha value is -1.84. The summed E-state index contributed by atoms with van der Waals surface area (Å²) in [5, 5.41) is 0. The molecule has 0 aromatic heterocycles. The standard InChI is InChI=1S/C10H8N2O6S2/c11-12-9-4-7-3-8(19(13,14)15)2-1-6(7)5-10(9)20(16,17)18/h1-3,5H,4H2,(H,13,14,15)(H,16,17,18). The zero-order valence-electron chi connectivity index (χ0n) is 9.75. The molecule has 1 aromatic carbocycles. The number of rotatable bonds is 2. The molecule has 0 radical (unpaired) electrons. The third-order valence-electron chi connectivity index (χ3n) is 2.74. The van der Waals surface area contributed by atoms with Crippen molar-refractivity contribution in [2.75, 3.05) is 0 Å². The van der Waals surface area contributed by atoms with Crippen LogP contribution < -0.4 is 0 Å². The highest BCUT2D eigenvalue weighted by Crippen LogP contribution is 2.26. The first kappa shape index (κ1) is 14.6. The van der Waals surface area contributed by atoms with Gasteiger partial charge in [-0.3, -0.25) is 9.11 Å². The first-order valence-electron chi connectivity index (χ1n) is 5.14. The van der Waals surface area contributed by atoms with E-state index in [0.29, 0.717) is 11.1 Å². The van der Waals surface area contributed by atoms with Crippen LogP contribution in [-0.2, 0) is 26.7 Å². The van der Waals surface area contributed by atoms with Gasteiger partial charge in [0, 0.05) is 0 Å². The SMILES string of the molecule is [N-]=[N+]=C1Cc2cc(S(=O)(=O)O)ccc2C=C1S(=O)(=O)O. The molecule has 2 rings (SSSR count). The molecule has 20 heavy (non-hydrogen) atoms. The topological polar surface area (TPSA) is 145 Å². The zero-order valence-corrected chi connectivity index (χ0v) is 11.4. The first-order valence-corrected chi connectivity index (χ1v) is 8.02. The second-order valence-corrected chi connectivity index (χ2v) is 6.85. The summed E-state index contributed by atoms with van der Waals surface area (Å²) in [5.74, 6) is 0. The number of allylic oxidation sites excluding steroid dienone is 1. The van der Waals surface area contributed by atoms with Crippen LogP contribution in [-0.4, -0.2) is 36.4 Å².